The smallest absolute Gasteiger partial charge is 0.392 e. The van der Waals surface area contributed by atoms with Crippen LogP contribution in [0.2, 0.25) is 0 Å². The Morgan fingerprint density at radius 2 is 1.90 bits per heavy atom. The van der Waals surface area contributed by atoms with Gasteiger partial charge in [-0.15, -0.1) is 0 Å². The number of anilines is 1. The highest BCUT2D eigenvalue weighted by Crippen LogP contribution is 2.24. The molecule has 1 aliphatic heterocycles. The lowest BCUT2D eigenvalue weighted by Gasteiger charge is -2.16. The summed E-state index contributed by atoms with van der Waals surface area (Å²) in [6.07, 6.45) is 4.47. The summed E-state index contributed by atoms with van der Waals surface area (Å²) in [7, 11) is 0. The molecule has 0 amide bonds. The van der Waals surface area contributed by atoms with E-state index >= 15 is 0 Å². The van der Waals surface area contributed by atoms with Crippen molar-refractivity contribution < 1.29 is 9.67 Å². The zero-order valence-corrected chi connectivity index (χ0v) is 12.7. The predicted octanol–water partition coefficient (Wildman–Crippen LogP) is 3.04. The van der Waals surface area contributed by atoms with Crippen molar-refractivity contribution in [1.29, 1.82) is 0 Å². The van der Waals surface area contributed by atoms with E-state index in [0.717, 1.165) is 23.9 Å². The molecule has 110 valence electrons. The SMILES string of the molecule is OCC[n+]1ccsc1N=Nc1ccc(N2CCCC2)cc1. The first-order valence-corrected chi connectivity index (χ1v) is 8.09. The molecule has 2 heterocycles. The fourth-order valence-corrected chi connectivity index (χ4v) is 3.17. The molecule has 0 unspecified atom stereocenters. The van der Waals surface area contributed by atoms with Crippen LogP contribution in [0.15, 0.2) is 46.1 Å². The molecule has 6 heteroatoms. The van der Waals surface area contributed by atoms with Gasteiger partial charge in [0.1, 0.15) is 18.4 Å². The van der Waals surface area contributed by atoms with Crippen molar-refractivity contribution in [3.05, 3.63) is 35.8 Å². The van der Waals surface area contributed by atoms with Gasteiger partial charge in [-0.05, 0) is 53.6 Å². The Balaban J connectivity index is 1.69. The first kappa shape index (κ1) is 14.2. The largest absolute Gasteiger partial charge is 0.408 e. The van der Waals surface area contributed by atoms with Crippen molar-refractivity contribution in [1.82, 2.24) is 0 Å². The van der Waals surface area contributed by atoms with Crippen LogP contribution in [-0.2, 0) is 6.54 Å². The second-order valence-electron chi connectivity index (χ2n) is 5.01. The van der Waals surface area contributed by atoms with Gasteiger partial charge in [0, 0.05) is 24.2 Å². The van der Waals surface area contributed by atoms with Gasteiger partial charge in [-0.25, -0.2) is 4.57 Å². The maximum absolute atomic E-state index is 8.99. The maximum Gasteiger partial charge on any atom is 0.408 e. The summed E-state index contributed by atoms with van der Waals surface area (Å²) < 4.78 is 1.90. The molecule has 1 aromatic heterocycles. The first-order valence-electron chi connectivity index (χ1n) is 7.21. The van der Waals surface area contributed by atoms with Gasteiger partial charge in [-0.1, -0.05) is 0 Å². The van der Waals surface area contributed by atoms with Crippen LogP contribution in [0, 0.1) is 0 Å². The standard InChI is InChI=1S/C15H19N4OS/c20-11-9-19-10-12-21-15(19)17-16-13-3-5-14(6-4-13)18-7-1-2-8-18/h3-6,10,12,20H,1-2,7-9,11H2/q+1. The van der Waals surface area contributed by atoms with E-state index in [4.69, 9.17) is 5.11 Å². The zero-order chi connectivity index (χ0) is 14.5. The Kier molecular flexibility index (Phi) is 4.57. The molecule has 0 atom stereocenters. The van der Waals surface area contributed by atoms with Crippen LogP contribution in [0.4, 0.5) is 16.5 Å². The molecule has 5 nitrogen and oxygen atoms in total. The molecule has 1 N–H and O–H groups in total. The number of hydrogen-bond donors (Lipinski definition) is 1. The molecule has 1 aromatic carbocycles. The van der Waals surface area contributed by atoms with Gasteiger partial charge in [0.2, 0.25) is 0 Å². The molecule has 0 saturated carbocycles. The number of aromatic nitrogens is 1. The average molecular weight is 303 g/mol. The topological polar surface area (TPSA) is 52.1 Å². The van der Waals surface area contributed by atoms with E-state index in [1.165, 1.54) is 29.9 Å². The number of azo groups is 1. The van der Waals surface area contributed by atoms with Gasteiger partial charge in [0.25, 0.3) is 0 Å². The Bertz CT molecular complexity index is 602. The van der Waals surface area contributed by atoms with Crippen molar-refractivity contribution in [2.45, 2.75) is 19.4 Å². The van der Waals surface area contributed by atoms with E-state index in [9.17, 15) is 0 Å². The number of rotatable bonds is 5. The van der Waals surface area contributed by atoms with Gasteiger partial charge in [-0.3, -0.25) is 0 Å². The molecule has 1 aliphatic rings. The van der Waals surface area contributed by atoms with Crippen LogP contribution in [-0.4, -0.2) is 24.8 Å². The number of thiazole rings is 1. The van der Waals surface area contributed by atoms with Gasteiger partial charge in [0.05, 0.1) is 11.7 Å². The fourth-order valence-electron chi connectivity index (χ4n) is 2.46. The second kappa shape index (κ2) is 6.78. The third-order valence-corrected chi connectivity index (χ3v) is 4.36. The normalized spacial score (nSPS) is 15.2. The number of hydrogen-bond acceptors (Lipinski definition) is 5. The average Bonchev–Trinajstić information content (AvgIpc) is 3.18. The van der Waals surface area contributed by atoms with E-state index in [1.54, 1.807) is 0 Å². The van der Waals surface area contributed by atoms with Gasteiger partial charge < -0.3 is 10.0 Å². The summed E-state index contributed by atoms with van der Waals surface area (Å²) in [6, 6.07) is 8.22. The molecular weight excluding hydrogens is 284 g/mol. The zero-order valence-electron chi connectivity index (χ0n) is 11.9. The molecule has 21 heavy (non-hydrogen) atoms. The third kappa shape index (κ3) is 3.46. The molecule has 1 saturated heterocycles. The van der Waals surface area contributed by atoms with E-state index in [-0.39, 0.29) is 6.61 Å². The van der Waals surface area contributed by atoms with Crippen LogP contribution in [0.5, 0.6) is 0 Å². The first-order chi connectivity index (χ1) is 10.4. The molecule has 0 radical (unpaired) electrons. The number of aliphatic hydroxyl groups is 1. The predicted molar refractivity (Wildman–Crippen MR) is 83.7 cm³/mol. The molecular formula is C15H19N4OS+. The summed E-state index contributed by atoms with van der Waals surface area (Å²) >= 11 is 1.52. The van der Waals surface area contributed by atoms with E-state index < -0.39 is 0 Å². The summed E-state index contributed by atoms with van der Waals surface area (Å²) in [4.78, 5) is 2.40. The van der Waals surface area contributed by atoms with Crippen LogP contribution >= 0.6 is 11.3 Å². The lowest BCUT2D eigenvalue weighted by atomic mass is 10.2. The summed E-state index contributed by atoms with van der Waals surface area (Å²) in [6.45, 7) is 2.95. The minimum atomic E-state index is 0.106. The lowest BCUT2D eigenvalue weighted by Crippen LogP contribution is -2.32. The number of benzene rings is 1. The maximum atomic E-state index is 8.99. The molecule has 3 rings (SSSR count). The molecule has 0 spiro atoms. The van der Waals surface area contributed by atoms with Crippen molar-refractivity contribution in [3.63, 3.8) is 0 Å². The minimum absolute atomic E-state index is 0.106. The van der Waals surface area contributed by atoms with Crippen molar-refractivity contribution in [3.8, 4) is 0 Å². The Morgan fingerprint density at radius 3 is 2.62 bits per heavy atom. The van der Waals surface area contributed by atoms with Gasteiger partial charge in [-0.2, -0.15) is 0 Å². The van der Waals surface area contributed by atoms with Gasteiger partial charge >= 0.3 is 5.13 Å². The monoisotopic (exact) mass is 303 g/mol. The summed E-state index contributed by atoms with van der Waals surface area (Å²) in [5, 5.41) is 20.3. The summed E-state index contributed by atoms with van der Waals surface area (Å²) in [5.74, 6) is 0. The van der Waals surface area contributed by atoms with Crippen molar-refractivity contribution >= 4 is 27.8 Å². The second-order valence-corrected chi connectivity index (χ2v) is 5.89. The van der Waals surface area contributed by atoms with E-state index in [0.29, 0.717) is 6.54 Å². The molecule has 1 fully saturated rings. The fraction of sp³-hybridized carbons (Fsp3) is 0.400. The lowest BCUT2D eigenvalue weighted by molar-refractivity contribution is -0.681. The van der Waals surface area contributed by atoms with Crippen molar-refractivity contribution in [2.75, 3.05) is 24.6 Å². The van der Waals surface area contributed by atoms with Gasteiger partial charge in [0.15, 0.2) is 0 Å². The highest BCUT2D eigenvalue weighted by molar-refractivity contribution is 7.12. The Labute approximate surface area is 128 Å². The van der Waals surface area contributed by atoms with Crippen LogP contribution in [0.3, 0.4) is 0 Å². The quantitative estimate of drug-likeness (QED) is 0.682. The van der Waals surface area contributed by atoms with Crippen LogP contribution in [0.1, 0.15) is 12.8 Å². The molecule has 0 bridgehead atoms. The molecule has 0 aliphatic carbocycles. The Hall–Kier alpha value is -1.79. The number of nitrogens with zero attached hydrogens (tertiary/aromatic N) is 4. The molecule has 2 aromatic rings. The Morgan fingerprint density at radius 1 is 1.14 bits per heavy atom. The van der Waals surface area contributed by atoms with E-state index in [1.807, 2.05) is 28.3 Å². The van der Waals surface area contributed by atoms with Crippen LogP contribution in [0.25, 0.3) is 0 Å². The number of aliphatic hydroxyl groups excluding tert-OH is 1. The minimum Gasteiger partial charge on any atom is -0.392 e. The van der Waals surface area contributed by atoms with E-state index in [2.05, 4.69) is 27.3 Å². The van der Waals surface area contributed by atoms with Crippen molar-refractivity contribution in [2.24, 2.45) is 10.2 Å². The highest BCUT2D eigenvalue weighted by Gasteiger charge is 2.13. The summed E-state index contributed by atoms with van der Waals surface area (Å²) in [5.41, 5.74) is 2.11. The highest BCUT2D eigenvalue weighted by atomic mass is 32.1. The van der Waals surface area contributed by atoms with Crippen LogP contribution < -0.4 is 9.47 Å². The third-order valence-electron chi connectivity index (χ3n) is 3.57.